The molecule has 5 nitrogen and oxygen atoms in total. The molecule has 3 rings (SSSR count). The predicted octanol–water partition coefficient (Wildman–Crippen LogP) is 3.37. The predicted molar refractivity (Wildman–Crippen MR) is 80.5 cm³/mol. The Labute approximate surface area is 140 Å². The van der Waals surface area contributed by atoms with Gasteiger partial charge in [0.05, 0.1) is 16.0 Å². The van der Waals surface area contributed by atoms with Gasteiger partial charge >= 0.3 is 11.9 Å². The molecule has 0 spiro atoms. The highest BCUT2D eigenvalue weighted by Gasteiger charge is 2.32. The van der Waals surface area contributed by atoms with Gasteiger partial charge < -0.3 is 0 Å². The molecule has 0 amide bonds. The van der Waals surface area contributed by atoms with Gasteiger partial charge in [-0.15, -0.1) is 5.10 Å². The minimum atomic E-state index is -4.50. The fourth-order valence-corrected chi connectivity index (χ4v) is 2.53. The molecule has 0 aliphatic rings. The van der Waals surface area contributed by atoms with Crippen LogP contribution < -0.4 is 5.69 Å². The molecule has 0 unspecified atom stereocenters. The Bertz CT molecular complexity index is 933. The quantitative estimate of drug-likeness (QED) is 0.654. The zero-order valence-electron chi connectivity index (χ0n) is 11.2. The Morgan fingerprint density at radius 2 is 2.00 bits per heavy atom. The number of hydrogen-bond donors (Lipinski definition) is 0. The Hall–Kier alpha value is -1.87. The number of fused-ring (bicyclic) bond motifs is 1. The van der Waals surface area contributed by atoms with E-state index in [-0.39, 0.29) is 6.54 Å². The lowest BCUT2D eigenvalue weighted by atomic mass is 10.2. The topological polar surface area (TPSA) is 52.2 Å². The van der Waals surface area contributed by atoms with Gasteiger partial charge in [0, 0.05) is 12.4 Å². The fourth-order valence-electron chi connectivity index (χ4n) is 1.99. The SMILES string of the molecule is O=c1n(Cc2ccc(C(F)(F)F)nc2)nc2c(Br)c(Cl)ccn12. The van der Waals surface area contributed by atoms with Gasteiger partial charge in [-0.05, 0) is 33.6 Å². The maximum Gasteiger partial charge on any atom is 0.433 e. The lowest BCUT2D eigenvalue weighted by molar-refractivity contribution is -0.141. The van der Waals surface area contributed by atoms with Crippen LogP contribution in [-0.4, -0.2) is 19.2 Å². The van der Waals surface area contributed by atoms with Crippen molar-refractivity contribution in [2.45, 2.75) is 12.7 Å². The molecule has 0 radical (unpaired) electrons. The second-order valence-corrected chi connectivity index (χ2v) is 5.86. The molecule has 3 aromatic rings. The van der Waals surface area contributed by atoms with Gasteiger partial charge in [-0.25, -0.2) is 13.9 Å². The summed E-state index contributed by atoms with van der Waals surface area (Å²) in [5.41, 5.74) is -0.677. The van der Waals surface area contributed by atoms with Gasteiger partial charge in [0.15, 0.2) is 5.65 Å². The van der Waals surface area contributed by atoms with E-state index in [1.54, 1.807) is 0 Å². The van der Waals surface area contributed by atoms with Crippen molar-refractivity contribution >= 4 is 33.2 Å². The summed E-state index contributed by atoms with van der Waals surface area (Å²) in [6, 6.07) is 3.66. The van der Waals surface area contributed by atoms with Gasteiger partial charge in [0.1, 0.15) is 5.69 Å². The van der Waals surface area contributed by atoms with E-state index in [2.05, 4.69) is 26.0 Å². The van der Waals surface area contributed by atoms with Crippen LogP contribution in [0.15, 0.2) is 39.9 Å². The number of aromatic nitrogens is 4. The van der Waals surface area contributed by atoms with E-state index < -0.39 is 17.6 Å². The number of pyridine rings is 2. The maximum absolute atomic E-state index is 12.5. The van der Waals surface area contributed by atoms with E-state index in [1.165, 1.54) is 22.7 Å². The summed E-state index contributed by atoms with van der Waals surface area (Å²) in [4.78, 5) is 15.6. The van der Waals surface area contributed by atoms with E-state index in [0.29, 0.717) is 20.7 Å². The molecule has 3 heterocycles. The molecule has 0 aliphatic heterocycles. The summed E-state index contributed by atoms with van der Waals surface area (Å²) in [6.45, 7) is -0.00426. The fraction of sp³-hybridized carbons (Fsp3) is 0.154. The lowest BCUT2D eigenvalue weighted by Gasteiger charge is -2.06. The third-order valence-corrected chi connectivity index (χ3v) is 4.42. The minimum Gasteiger partial charge on any atom is -0.251 e. The van der Waals surface area contributed by atoms with Gasteiger partial charge in [-0.1, -0.05) is 17.7 Å². The van der Waals surface area contributed by atoms with Crippen LogP contribution in [0.4, 0.5) is 13.2 Å². The van der Waals surface area contributed by atoms with Crippen molar-refractivity contribution in [1.82, 2.24) is 19.2 Å². The molecule has 10 heteroatoms. The second kappa shape index (κ2) is 5.64. The molecule has 0 bridgehead atoms. The van der Waals surface area contributed by atoms with Crippen LogP contribution in [0.2, 0.25) is 5.02 Å². The van der Waals surface area contributed by atoms with Gasteiger partial charge in [-0.3, -0.25) is 4.98 Å². The smallest absolute Gasteiger partial charge is 0.251 e. The molecular weight excluding hydrogens is 401 g/mol. The highest BCUT2D eigenvalue weighted by atomic mass is 79.9. The zero-order valence-corrected chi connectivity index (χ0v) is 13.5. The van der Waals surface area contributed by atoms with Gasteiger partial charge in [0.2, 0.25) is 0 Å². The van der Waals surface area contributed by atoms with E-state index in [0.717, 1.165) is 16.9 Å². The summed E-state index contributed by atoms with van der Waals surface area (Å²) in [5, 5.41) is 4.52. The molecule has 0 saturated carbocycles. The first-order valence-corrected chi connectivity index (χ1v) is 7.40. The molecule has 0 fully saturated rings. The number of hydrogen-bond acceptors (Lipinski definition) is 3. The molecule has 23 heavy (non-hydrogen) atoms. The number of halogens is 5. The summed E-state index contributed by atoms with van der Waals surface area (Å²) in [6.07, 6.45) is -1.96. The monoisotopic (exact) mass is 406 g/mol. The van der Waals surface area contributed by atoms with Crippen molar-refractivity contribution in [3.8, 4) is 0 Å². The summed E-state index contributed by atoms with van der Waals surface area (Å²) in [7, 11) is 0. The normalized spacial score (nSPS) is 12.0. The molecule has 0 saturated heterocycles. The number of rotatable bonds is 2. The zero-order chi connectivity index (χ0) is 16.8. The van der Waals surface area contributed by atoms with Crippen LogP contribution in [0.5, 0.6) is 0 Å². The Morgan fingerprint density at radius 1 is 1.26 bits per heavy atom. The summed E-state index contributed by atoms with van der Waals surface area (Å²) >= 11 is 9.18. The second-order valence-electron chi connectivity index (χ2n) is 4.66. The first-order valence-electron chi connectivity index (χ1n) is 6.22. The number of nitrogens with zero attached hydrogens (tertiary/aromatic N) is 4. The van der Waals surface area contributed by atoms with E-state index in [9.17, 15) is 18.0 Å². The van der Waals surface area contributed by atoms with Gasteiger partial charge in [-0.2, -0.15) is 13.2 Å². The Balaban J connectivity index is 1.97. The highest BCUT2D eigenvalue weighted by Crippen LogP contribution is 2.27. The minimum absolute atomic E-state index is 0.00426. The van der Waals surface area contributed by atoms with Crippen LogP contribution in [0, 0.1) is 0 Å². The average Bonchev–Trinajstić information content (AvgIpc) is 2.80. The highest BCUT2D eigenvalue weighted by molar-refractivity contribution is 9.10. The first-order chi connectivity index (χ1) is 10.8. The van der Waals surface area contributed by atoms with Gasteiger partial charge in [0.25, 0.3) is 0 Å². The Morgan fingerprint density at radius 3 is 2.61 bits per heavy atom. The molecule has 120 valence electrons. The first kappa shape index (κ1) is 16.0. The summed E-state index contributed by atoms with van der Waals surface area (Å²) < 4.78 is 40.3. The van der Waals surface area contributed by atoms with Crippen LogP contribution in [-0.2, 0) is 12.7 Å². The van der Waals surface area contributed by atoms with Crippen LogP contribution in [0.25, 0.3) is 5.65 Å². The van der Waals surface area contributed by atoms with Crippen molar-refractivity contribution in [3.63, 3.8) is 0 Å². The molecular formula is C13H7BrClF3N4O. The van der Waals surface area contributed by atoms with Crippen molar-refractivity contribution in [3.05, 3.63) is 61.8 Å². The molecule has 0 aromatic carbocycles. The molecule has 0 aliphatic carbocycles. The molecule has 3 aromatic heterocycles. The van der Waals surface area contributed by atoms with E-state index in [4.69, 9.17) is 11.6 Å². The third kappa shape index (κ3) is 2.98. The average molecular weight is 408 g/mol. The largest absolute Gasteiger partial charge is 0.433 e. The standard InChI is InChI=1S/C13H7BrClF3N4O/c14-10-8(15)3-4-21-11(10)20-22(12(21)23)6-7-1-2-9(19-5-7)13(16,17)18/h1-5H,6H2. The van der Waals surface area contributed by atoms with E-state index >= 15 is 0 Å². The molecule has 0 atom stereocenters. The lowest BCUT2D eigenvalue weighted by Crippen LogP contribution is -2.21. The van der Waals surface area contributed by atoms with Crippen molar-refractivity contribution < 1.29 is 13.2 Å². The van der Waals surface area contributed by atoms with Crippen LogP contribution >= 0.6 is 27.5 Å². The van der Waals surface area contributed by atoms with Crippen molar-refractivity contribution in [2.24, 2.45) is 0 Å². The third-order valence-electron chi connectivity index (χ3n) is 3.09. The van der Waals surface area contributed by atoms with Crippen molar-refractivity contribution in [1.29, 1.82) is 0 Å². The molecule has 0 N–H and O–H groups in total. The Kier molecular flexibility index (Phi) is 3.93. The summed E-state index contributed by atoms with van der Waals surface area (Å²) in [5.74, 6) is 0. The van der Waals surface area contributed by atoms with E-state index in [1.807, 2.05) is 0 Å². The van der Waals surface area contributed by atoms with Crippen LogP contribution in [0.3, 0.4) is 0 Å². The van der Waals surface area contributed by atoms with Crippen LogP contribution in [0.1, 0.15) is 11.3 Å². The van der Waals surface area contributed by atoms with Crippen molar-refractivity contribution in [2.75, 3.05) is 0 Å². The number of alkyl halides is 3. The maximum atomic E-state index is 12.5.